The molecule has 3 nitrogen and oxygen atoms in total. The summed E-state index contributed by atoms with van der Waals surface area (Å²) in [5.74, 6) is 1.03. The first kappa shape index (κ1) is 14.1. The van der Waals surface area contributed by atoms with E-state index < -0.39 is 0 Å². The average molecular weight is 274 g/mol. The Morgan fingerprint density at radius 2 is 1.89 bits per heavy atom. The first-order valence-corrected chi connectivity index (χ1v) is 7.43. The van der Waals surface area contributed by atoms with Crippen LogP contribution in [0.5, 0.6) is 0 Å². The van der Waals surface area contributed by atoms with Crippen LogP contribution in [0.15, 0.2) is 0 Å². The van der Waals surface area contributed by atoms with Gasteiger partial charge in [-0.25, -0.2) is 0 Å². The van der Waals surface area contributed by atoms with Crippen LogP contribution in [0.25, 0.3) is 0 Å². The van der Waals surface area contributed by atoms with Crippen molar-refractivity contribution in [1.29, 1.82) is 0 Å². The first-order chi connectivity index (χ1) is 8.41. The highest BCUT2D eigenvalue weighted by Gasteiger charge is 2.44. The van der Waals surface area contributed by atoms with Gasteiger partial charge in [0.25, 0.3) is 0 Å². The van der Waals surface area contributed by atoms with Gasteiger partial charge in [0.2, 0.25) is 5.91 Å². The average Bonchev–Trinajstić information content (AvgIpc) is 2.56. The lowest BCUT2D eigenvalue weighted by Gasteiger charge is -2.36. The summed E-state index contributed by atoms with van der Waals surface area (Å²) in [5.41, 5.74) is 0. The highest BCUT2D eigenvalue weighted by Crippen LogP contribution is 2.34. The van der Waals surface area contributed by atoms with Crippen molar-refractivity contribution in [2.24, 2.45) is 17.8 Å². The monoisotopic (exact) mass is 273 g/mol. The van der Waals surface area contributed by atoms with Gasteiger partial charge in [-0.3, -0.25) is 4.79 Å². The molecular formula is C14H24ClNO2. The predicted molar refractivity (Wildman–Crippen MR) is 72.7 cm³/mol. The number of hydrogen-bond acceptors (Lipinski definition) is 2. The van der Waals surface area contributed by atoms with Crippen molar-refractivity contribution in [1.82, 2.24) is 4.90 Å². The van der Waals surface area contributed by atoms with Crippen molar-refractivity contribution in [3.8, 4) is 0 Å². The normalized spacial score (nSPS) is 45.3. The van der Waals surface area contributed by atoms with Crippen LogP contribution < -0.4 is 0 Å². The van der Waals surface area contributed by atoms with Crippen molar-refractivity contribution in [2.45, 2.75) is 51.7 Å². The van der Waals surface area contributed by atoms with Gasteiger partial charge in [0, 0.05) is 13.1 Å². The van der Waals surface area contributed by atoms with E-state index in [9.17, 15) is 4.79 Å². The molecule has 2 aliphatic heterocycles. The lowest BCUT2D eigenvalue weighted by Crippen LogP contribution is -2.48. The van der Waals surface area contributed by atoms with E-state index in [4.69, 9.17) is 16.3 Å². The molecule has 0 saturated carbocycles. The molecular weight excluding hydrogens is 250 g/mol. The quantitative estimate of drug-likeness (QED) is 0.687. The number of alkyl halides is 1. The number of carbonyl (C=O) groups excluding carboxylic acids is 1. The van der Waals surface area contributed by atoms with Gasteiger partial charge in [0.05, 0.1) is 23.5 Å². The Morgan fingerprint density at radius 3 is 2.39 bits per heavy atom. The summed E-state index contributed by atoms with van der Waals surface area (Å²) >= 11 is 6.29. The van der Waals surface area contributed by atoms with E-state index in [2.05, 4.69) is 20.8 Å². The summed E-state index contributed by atoms with van der Waals surface area (Å²) in [5, 5.41) is 0.0908. The van der Waals surface area contributed by atoms with Crippen LogP contribution in [0.1, 0.15) is 34.1 Å². The van der Waals surface area contributed by atoms with Crippen molar-refractivity contribution in [3.63, 3.8) is 0 Å². The third-order valence-corrected chi connectivity index (χ3v) is 5.27. The fourth-order valence-corrected chi connectivity index (χ4v) is 3.42. The van der Waals surface area contributed by atoms with Crippen molar-refractivity contribution < 1.29 is 9.53 Å². The maximum absolute atomic E-state index is 12.6. The zero-order valence-electron chi connectivity index (χ0n) is 11.7. The Balaban J connectivity index is 2.03. The summed E-state index contributed by atoms with van der Waals surface area (Å²) in [6.07, 6.45) is 1.20. The molecule has 2 saturated heterocycles. The molecule has 0 bridgehead atoms. The molecule has 6 unspecified atom stereocenters. The van der Waals surface area contributed by atoms with Crippen molar-refractivity contribution in [2.75, 3.05) is 13.1 Å². The van der Waals surface area contributed by atoms with E-state index in [-0.39, 0.29) is 29.4 Å². The fourth-order valence-electron chi connectivity index (χ4n) is 3.13. The van der Waals surface area contributed by atoms with Crippen LogP contribution in [0.4, 0.5) is 0 Å². The summed E-state index contributed by atoms with van der Waals surface area (Å²) in [4.78, 5) is 14.5. The Bertz CT molecular complexity index is 323. The molecule has 2 fully saturated rings. The third-order valence-electron chi connectivity index (χ3n) is 4.71. The highest BCUT2D eigenvalue weighted by molar-refractivity contribution is 6.21. The van der Waals surface area contributed by atoms with Crippen LogP contribution in [0.2, 0.25) is 0 Å². The molecule has 1 amide bonds. The number of likely N-dealkylation sites (tertiary alicyclic amines) is 1. The topological polar surface area (TPSA) is 29.5 Å². The third kappa shape index (κ3) is 2.53. The molecule has 0 spiro atoms. The smallest absolute Gasteiger partial charge is 0.228 e. The summed E-state index contributed by atoms with van der Waals surface area (Å²) < 4.78 is 5.77. The molecule has 2 rings (SSSR count). The highest BCUT2D eigenvalue weighted by atomic mass is 35.5. The Kier molecular flexibility index (Phi) is 4.22. The summed E-state index contributed by atoms with van der Waals surface area (Å²) in [6.45, 7) is 9.86. The number of amides is 1. The molecule has 4 heteroatoms. The maximum Gasteiger partial charge on any atom is 0.228 e. The molecule has 0 aromatic rings. The summed E-state index contributed by atoms with van der Waals surface area (Å²) in [6, 6.07) is 0. The molecule has 6 atom stereocenters. The number of rotatable bonds is 1. The lowest BCUT2D eigenvalue weighted by molar-refractivity contribution is -0.139. The Labute approximate surface area is 115 Å². The standard InChI is InChI=1S/C14H24ClNO2/c1-8-5-6-16(7-12(8)15)14(17)13-9(2)10(3)18-11(13)4/h8-13H,5-7H2,1-4H3. The summed E-state index contributed by atoms with van der Waals surface area (Å²) in [7, 11) is 0. The lowest BCUT2D eigenvalue weighted by atomic mass is 9.87. The van der Waals surface area contributed by atoms with Crippen molar-refractivity contribution in [3.05, 3.63) is 0 Å². The maximum atomic E-state index is 12.6. The van der Waals surface area contributed by atoms with Crippen LogP contribution in [-0.2, 0) is 9.53 Å². The van der Waals surface area contributed by atoms with E-state index in [1.165, 1.54) is 0 Å². The Morgan fingerprint density at radius 1 is 1.22 bits per heavy atom. The van der Waals surface area contributed by atoms with Gasteiger partial charge in [-0.2, -0.15) is 0 Å². The minimum Gasteiger partial charge on any atom is -0.374 e. The second kappa shape index (κ2) is 5.38. The van der Waals surface area contributed by atoms with E-state index in [1.54, 1.807) is 0 Å². The SMILES string of the molecule is CC1CCN(C(=O)C2C(C)OC(C)C2C)CC1Cl. The number of carbonyl (C=O) groups is 1. The number of halogens is 1. The number of ether oxygens (including phenoxy) is 1. The molecule has 104 valence electrons. The minimum absolute atomic E-state index is 0.00253. The van der Waals surface area contributed by atoms with Gasteiger partial charge in [-0.1, -0.05) is 13.8 Å². The van der Waals surface area contributed by atoms with E-state index in [1.807, 2.05) is 11.8 Å². The second-order valence-corrected chi connectivity index (χ2v) is 6.56. The number of piperidine rings is 1. The van der Waals surface area contributed by atoms with Crippen LogP contribution in [-0.4, -0.2) is 41.5 Å². The Hall–Kier alpha value is -0.280. The van der Waals surface area contributed by atoms with Gasteiger partial charge in [-0.05, 0) is 32.1 Å². The molecule has 0 aromatic carbocycles. The number of nitrogens with zero attached hydrogens (tertiary/aromatic N) is 1. The molecule has 0 radical (unpaired) electrons. The van der Waals surface area contributed by atoms with Gasteiger partial charge >= 0.3 is 0 Å². The molecule has 0 aliphatic carbocycles. The zero-order valence-corrected chi connectivity index (χ0v) is 12.5. The zero-order chi connectivity index (χ0) is 13.4. The molecule has 2 heterocycles. The van der Waals surface area contributed by atoms with Gasteiger partial charge < -0.3 is 9.64 Å². The first-order valence-electron chi connectivity index (χ1n) is 7.00. The molecule has 18 heavy (non-hydrogen) atoms. The van der Waals surface area contributed by atoms with Crippen LogP contribution in [0.3, 0.4) is 0 Å². The van der Waals surface area contributed by atoms with Crippen LogP contribution >= 0.6 is 11.6 Å². The van der Waals surface area contributed by atoms with E-state index in [0.717, 1.165) is 13.0 Å². The van der Waals surface area contributed by atoms with Gasteiger partial charge in [-0.15, -0.1) is 11.6 Å². The fraction of sp³-hybridized carbons (Fsp3) is 0.929. The molecule has 0 N–H and O–H groups in total. The van der Waals surface area contributed by atoms with Crippen molar-refractivity contribution >= 4 is 17.5 Å². The predicted octanol–water partition coefficient (Wildman–Crippen LogP) is 2.52. The minimum atomic E-state index is -0.00253. The number of hydrogen-bond donors (Lipinski definition) is 0. The molecule has 2 aliphatic rings. The van der Waals surface area contributed by atoms with E-state index >= 15 is 0 Å². The molecule has 0 aromatic heterocycles. The van der Waals surface area contributed by atoms with Gasteiger partial charge in [0.1, 0.15) is 0 Å². The van der Waals surface area contributed by atoms with Crippen LogP contribution in [0, 0.1) is 17.8 Å². The largest absolute Gasteiger partial charge is 0.374 e. The second-order valence-electron chi connectivity index (χ2n) is 6.00. The van der Waals surface area contributed by atoms with E-state index in [0.29, 0.717) is 18.4 Å². The van der Waals surface area contributed by atoms with Gasteiger partial charge in [0.15, 0.2) is 0 Å².